The van der Waals surface area contributed by atoms with Gasteiger partial charge in [-0.1, -0.05) is 18.2 Å². The van der Waals surface area contributed by atoms with Crippen molar-refractivity contribution in [1.29, 1.82) is 5.26 Å². The third-order valence-corrected chi connectivity index (χ3v) is 5.01. The van der Waals surface area contributed by atoms with Gasteiger partial charge < -0.3 is 14.6 Å². The Morgan fingerprint density at radius 3 is 2.81 bits per heavy atom. The van der Waals surface area contributed by atoms with Crippen molar-refractivity contribution in [2.45, 2.75) is 39.7 Å². The van der Waals surface area contributed by atoms with Gasteiger partial charge >= 0.3 is 0 Å². The lowest BCUT2D eigenvalue weighted by Crippen LogP contribution is -2.32. The van der Waals surface area contributed by atoms with Gasteiger partial charge in [0.05, 0.1) is 6.10 Å². The molecule has 0 radical (unpaired) electrons. The van der Waals surface area contributed by atoms with Gasteiger partial charge in [0.2, 0.25) is 0 Å². The fourth-order valence-electron chi connectivity index (χ4n) is 3.53. The zero-order chi connectivity index (χ0) is 19.4. The molecule has 1 amide bonds. The molecule has 5 nitrogen and oxygen atoms in total. The smallest absolute Gasteiger partial charge is 0.262 e. The number of amides is 1. The van der Waals surface area contributed by atoms with Crippen molar-refractivity contribution in [3.05, 3.63) is 58.4 Å². The Balaban J connectivity index is 1.84. The van der Waals surface area contributed by atoms with E-state index in [4.69, 9.17) is 4.74 Å². The molecular weight excluding hydrogens is 338 g/mol. The van der Waals surface area contributed by atoms with Gasteiger partial charge in [0.1, 0.15) is 11.6 Å². The summed E-state index contributed by atoms with van der Waals surface area (Å²) in [6.45, 7) is 7.29. The fraction of sp³-hybridized carbons (Fsp3) is 0.364. The summed E-state index contributed by atoms with van der Waals surface area (Å²) in [6, 6.07) is 12.2. The van der Waals surface area contributed by atoms with Gasteiger partial charge in [-0.25, -0.2) is 0 Å². The van der Waals surface area contributed by atoms with Crippen molar-refractivity contribution in [3.63, 3.8) is 0 Å². The highest BCUT2D eigenvalue weighted by molar-refractivity contribution is 6.01. The van der Waals surface area contributed by atoms with Gasteiger partial charge in [-0.2, -0.15) is 5.26 Å². The Kier molecular flexibility index (Phi) is 5.78. The Hall–Kier alpha value is -2.84. The Morgan fingerprint density at radius 1 is 1.37 bits per heavy atom. The second kappa shape index (κ2) is 8.24. The molecule has 27 heavy (non-hydrogen) atoms. The molecule has 1 aromatic carbocycles. The molecule has 0 saturated carbocycles. The second-order valence-electron chi connectivity index (χ2n) is 6.96. The largest absolute Gasteiger partial charge is 0.376 e. The van der Waals surface area contributed by atoms with Gasteiger partial charge in [0, 0.05) is 30.2 Å². The van der Waals surface area contributed by atoms with E-state index in [1.165, 1.54) is 5.56 Å². The van der Waals surface area contributed by atoms with Crippen molar-refractivity contribution in [2.75, 3.05) is 13.2 Å². The molecule has 0 bridgehead atoms. The summed E-state index contributed by atoms with van der Waals surface area (Å²) in [5, 5.41) is 12.3. The lowest BCUT2D eigenvalue weighted by atomic mass is 10.1. The van der Waals surface area contributed by atoms with Crippen LogP contribution in [0.15, 0.2) is 35.9 Å². The predicted octanol–water partition coefficient (Wildman–Crippen LogP) is 3.60. The maximum atomic E-state index is 12.4. The molecule has 1 atom stereocenters. The number of aromatic nitrogens is 1. The van der Waals surface area contributed by atoms with Crippen molar-refractivity contribution in [1.82, 2.24) is 9.88 Å². The van der Waals surface area contributed by atoms with Gasteiger partial charge in [-0.3, -0.25) is 4.79 Å². The second-order valence-corrected chi connectivity index (χ2v) is 6.96. The number of hydrogen-bond donors (Lipinski definition) is 1. The fourth-order valence-corrected chi connectivity index (χ4v) is 3.53. The van der Waals surface area contributed by atoms with E-state index in [0.717, 1.165) is 42.1 Å². The van der Waals surface area contributed by atoms with Crippen LogP contribution in [-0.2, 0) is 9.53 Å². The van der Waals surface area contributed by atoms with E-state index in [-0.39, 0.29) is 17.6 Å². The minimum absolute atomic E-state index is 0.0556. The summed E-state index contributed by atoms with van der Waals surface area (Å²) in [4.78, 5) is 12.4. The Bertz CT molecular complexity index is 912. The average molecular weight is 363 g/mol. The number of carbonyl (C=O) groups excluding carboxylic acids is 1. The summed E-state index contributed by atoms with van der Waals surface area (Å²) in [5.74, 6) is -0.353. The topological polar surface area (TPSA) is 67.0 Å². The van der Waals surface area contributed by atoms with Gasteiger partial charge in [-0.15, -0.1) is 0 Å². The Labute approximate surface area is 160 Å². The first kappa shape index (κ1) is 18.9. The predicted molar refractivity (Wildman–Crippen MR) is 106 cm³/mol. The van der Waals surface area contributed by atoms with E-state index in [0.29, 0.717) is 6.54 Å². The quantitative estimate of drug-likeness (QED) is 0.652. The molecule has 2 aromatic rings. The maximum Gasteiger partial charge on any atom is 0.262 e. The molecule has 1 aliphatic rings. The number of nitrogens with zero attached hydrogens (tertiary/aromatic N) is 2. The van der Waals surface area contributed by atoms with Gasteiger partial charge in [0.25, 0.3) is 5.91 Å². The first-order valence-electron chi connectivity index (χ1n) is 9.28. The first-order valence-corrected chi connectivity index (χ1v) is 9.28. The van der Waals surface area contributed by atoms with Crippen LogP contribution < -0.4 is 5.32 Å². The number of hydrogen-bond acceptors (Lipinski definition) is 3. The van der Waals surface area contributed by atoms with Crippen LogP contribution in [0.2, 0.25) is 0 Å². The monoisotopic (exact) mass is 363 g/mol. The van der Waals surface area contributed by atoms with Crippen LogP contribution in [-0.4, -0.2) is 29.7 Å². The lowest BCUT2D eigenvalue weighted by molar-refractivity contribution is -0.117. The molecule has 1 fully saturated rings. The summed E-state index contributed by atoms with van der Waals surface area (Å²) in [5.41, 5.74) is 5.32. The minimum Gasteiger partial charge on any atom is -0.376 e. The highest BCUT2D eigenvalue weighted by Crippen LogP contribution is 2.24. The molecule has 2 heterocycles. The van der Waals surface area contributed by atoms with E-state index >= 15 is 0 Å². The van der Waals surface area contributed by atoms with E-state index in [9.17, 15) is 10.1 Å². The van der Waals surface area contributed by atoms with Crippen LogP contribution in [0.1, 0.15) is 35.4 Å². The molecule has 140 valence electrons. The number of nitrogens with one attached hydrogen (secondary N) is 1. The average Bonchev–Trinajstić information content (AvgIpc) is 3.27. The maximum absolute atomic E-state index is 12.4. The zero-order valence-corrected chi connectivity index (χ0v) is 16.1. The SMILES string of the molecule is Cc1ccccc1-n1c(C)cc(/C=C(\C#N)C(=O)NC[C@H]2CCCO2)c1C. The van der Waals surface area contributed by atoms with Gasteiger partial charge in [-0.05, 0) is 62.9 Å². The molecule has 1 saturated heterocycles. The standard InChI is InChI=1S/C22H25N3O2/c1-15-7-4-5-9-21(15)25-16(2)11-18(17(25)3)12-19(13-23)22(26)24-14-20-8-6-10-27-20/h4-5,7,9,11-12,20H,6,8,10,14H2,1-3H3,(H,24,26)/b19-12+/t20-/m1/s1. The van der Waals surface area contributed by atoms with E-state index in [1.54, 1.807) is 6.08 Å². The van der Waals surface area contributed by atoms with E-state index in [1.807, 2.05) is 38.1 Å². The summed E-state index contributed by atoms with van der Waals surface area (Å²) >= 11 is 0. The first-order chi connectivity index (χ1) is 13.0. The van der Waals surface area contributed by atoms with Crippen molar-refractivity contribution >= 4 is 12.0 Å². The number of para-hydroxylation sites is 1. The molecule has 0 aliphatic carbocycles. The van der Waals surface area contributed by atoms with Crippen LogP contribution in [0, 0.1) is 32.1 Å². The van der Waals surface area contributed by atoms with Crippen molar-refractivity contribution < 1.29 is 9.53 Å². The highest BCUT2D eigenvalue weighted by Gasteiger charge is 2.18. The molecule has 1 N–H and O–H groups in total. The van der Waals surface area contributed by atoms with E-state index < -0.39 is 0 Å². The van der Waals surface area contributed by atoms with Crippen molar-refractivity contribution in [2.24, 2.45) is 0 Å². The van der Waals surface area contributed by atoms with Gasteiger partial charge in [0.15, 0.2) is 0 Å². The number of carbonyl (C=O) groups is 1. The number of ether oxygens (including phenoxy) is 1. The van der Waals surface area contributed by atoms with E-state index in [2.05, 4.69) is 28.9 Å². The molecule has 3 rings (SSSR count). The van der Waals surface area contributed by atoms with Crippen LogP contribution >= 0.6 is 0 Å². The number of benzene rings is 1. The number of nitriles is 1. The third kappa shape index (κ3) is 4.12. The molecule has 0 unspecified atom stereocenters. The number of rotatable bonds is 5. The summed E-state index contributed by atoms with van der Waals surface area (Å²) in [7, 11) is 0. The zero-order valence-electron chi connectivity index (χ0n) is 16.1. The highest BCUT2D eigenvalue weighted by atomic mass is 16.5. The lowest BCUT2D eigenvalue weighted by Gasteiger charge is -2.12. The van der Waals surface area contributed by atoms with Crippen LogP contribution in [0.5, 0.6) is 0 Å². The van der Waals surface area contributed by atoms with Crippen LogP contribution in [0.25, 0.3) is 11.8 Å². The normalized spacial score (nSPS) is 17.0. The molecule has 5 heteroatoms. The van der Waals surface area contributed by atoms with Crippen LogP contribution in [0.3, 0.4) is 0 Å². The molecule has 1 aromatic heterocycles. The summed E-state index contributed by atoms with van der Waals surface area (Å²) in [6.07, 6.45) is 3.69. The third-order valence-electron chi connectivity index (χ3n) is 5.01. The molecule has 1 aliphatic heterocycles. The Morgan fingerprint density at radius 2 is 2.15 bits per heavy atom. The van der Waals surface area contributed by atoms with Crippen LogP contribution in [0.4, 0.5) is 0 Å². The van der Waals surface area contributed by atoms with Crippen molar-refractivity contribution in [3.8, 4) is 11.8 Å². The summed E-state index contributed by atoms with van der Waals surface area (Å²) < 4.78 is 7.67. The molecule has 0 spiro atoms. The number of aryl methyl sites for hydroxylation is 2. The minimum atomic E-state index is -0.353. The molecular formula is C22H25N3O2.